The zero-order chi connectivity index (χ0) is 12.1. The molecule has 0 aliphatic heterocycles. The largest absolute Gasteiger partial charge is 0.460 e. The second-order valence-electron chi connectivity index (χ2n) is 4.55. The summed E-state index contributed by atoms with van der Waals surface area (Å²) >= 11 is 0. The molecule has 0 rings (SSSR count). The summed E-state index contributed by atoms with van der Waals surface area (Å²) in [5, 5.41) is 0. The molecule has 0 radical (unpaired) electrons. The van der Waals surface area contributed by atoms with Crippen molar-refractivity contribution < 1.29 is 19.1 Å². The molecule has 4 nitrogen and oxygen atoms in total. The van der Waals surface area contributed by atoms with Gasteiger partial charge < -0.3 is 9.47 Å². The lowest BCUT2D eigenvalue weighted by molar-refractivity contribution is -0.157. The Morgan fingerprint density at radius 2 is 1.80 bits per heavy atom. The SMILES string of the molecule is COC[C@@H](CC(=O)OC(C)(C)C)C(C)=O. The lowest BCUT2D eigenvalue weighted by Gasteiger charge is -2.21. The standard InChI is InChI=1S/C11H20O4/c1-8(12)9(7-14-5)6-10(13)15-11(2,3)4/h9H,6-7H2,1-5H3/t9-/m1/s1. The molecule has 0 aromatic rings. The Kier molecular flexibility index (Phi) is 5.50. The first-order valence-corrected chi connectivity index (χ1v) is 4.97. The van der Waals surface area contributed by atoms with Crippen molar-refractivity contribution in [1.82, 2.24) is 0 Å². The number of carbonyl (C=O) groups is 2. The first kappa shape index (κ1) is 14.1. The van der Waals surface area contributed by atoms with Gasteiger partial charge in [0.1, 0.15) is 11.4 Å². The highest BCUT2D eigenvalue weighted by molar-refractivity contribution is 5.83. The average Bonchev–Trinajstić information content (AvgIpc) is 1.99. The van der Waals surface area contributed by atoms with Crippen LogP contribution in [0.3, 0.4) is 0 Å². The molecule has 0 aromatic carbocycles. The molecule has 15 heavy (non-hydrogen) atoms. The van der Waals surface area contributed by atoms with Gasteiger partial charge >= 0.3 is 5.97 Å². The summed E-state index contributed by atoms with van der Waals surface area (Å²) in [5.41, 5.74) is -0.508. The van der Waals surface area contributed by atoms with E-state index < -0.39 is 11.5 Å². The highest BCUT2D eigenvalue weighted by Crippen LogP contribution is 2.12. The molecule has 0 aromatic heterocycles. The van der Waals surface area contributed by atoms with Crippen molar-refractivity contribution in [3.05, 3.63) is 0 Å². The van der Waals surface area contributed by atoms with Gasteiger partial charge in [-0.1, -0.05) is 0 Å². The number of ether oxygens (including phenoxy) is 2. The number of hydrogen-bond donors (Lipinski definition) is 0. The van der Waals surface area contributed by atoms with Crippen LogP contribution in [0.25, 0.3) is 0 Å². The molecular weight excluding hydrogens is 196 g/mol. The highest BCUT2D eigenvalue weighted by Gasteiger charge is 2.22. The molecule has 0 amide bonds. The number of hydrogen-bond acceptors (Lipinski definition) is 4. The van der Waals surface area contributed by atoms with Crippen LogP contribution in [0.4, 0.5) is 0 Å². The maximum atomic E-state index is 11.4. The summed E-state index contributed by atoms with van der Waals surface area (Å²) in [7, 11) is 1.50. The smallest absolute Gasteiger partial charge is 0.307 e. The Bertz CT molecular complexity index is 227. The van der Waals surface area contributed by atoms with E-state index in [2.05, 4.69) is 0 Å². The molecule has 0 heterocycles. The van der Waals surface area contributed by atoms with Gasteiger partial charge in [-0.15, -0.1) is 0 Å². The molecule has 4 heteroatoms. The van der Waals surface area contributed by atoms with Gasteiger partial charge in [0.25, 0.3) is 0 Å². The third-order valence-corrected chi connectivity index (χ3v) is 1.78. The maximum absolute atomic E-state index is 11.4. The molecule has 1 atom stereocenters. The van der Waals surface area contributed by atoms with Crippen LogP contribution < -0.4 is 0 Å². The van der Waals surface area contributed by atoms with Gasteiger partial charge in [-0.25, -0.2) is 0 Å². The van der Waals surface area contributed by atoms with Crippen LogP contribution in [0.2, 0.25) is 0 Å². The molecular formula is C11H20O4. The van der Waals surface area contributed by atoms with E-state index in [1.165, 1.54) is 14.0 Å². The summed E-state index contributed by atoms with van der Waals surface area (Å²) in [6.45, 7) is 7.10. The van der Waals surface area contributed by atoms with Gasteiger partial charge in [0.15, 0.2) is 0 Å². The van der Waals surface area contributed by atoms with Crippen LogP contribution in [0.15, 0.2) is 0 Å². The molecule has 0 N–H and O–H groups in total. The predicted octanol–water partition coefficient (Wildman–Crippen LogP) is 1.57. The minimum atomic E-state index is -0.508. The number of carbonyl (C=O) groups excluding carboxylic acids is 2. The fourth-order valence-electron chi connectivity index (χ4n) is 1.11. The van der Waals surface area contributed by atoms with Crippen molar-refractivity contribution in [1.29, 1.82) is 0 Å². The monoisotopic (exact) mass is 216 g/mol. The summed E-state index contributed by atoms with van der Waals surface area (Å²) in [5.74, 6) is -0.813. The Labute approximate surface area is 90.9 Å². The van der Waals surface area contributed by atoms with Crippen LogP contribution in [0.1, 0.15) is 34.1 Å². The average molecular weight is 216 g/mol. The molecule has 0 spiro atoms. The number of esters is 1. The highest BCUT2D eigenvalue weighted by atomic mass is 16.6. The van der Waals surface area contributed by atoms with E-state index in [1.54, 1.807) is 20.8 Å². The topological polar surface area (TPSA) is 52.6 Å². The van der Waals surface area contributed by atoms with Crippen molar-refractivity contribution in [3.8, 4) is 0 Å². The van der Waals surface area contributed by atoms with E-state index in [-0.39, 0.29) is 24.8 Å². The molecule has 0 bridgehead atoms. The number of methoxy groups -OCH3 is 1. The molecule has 0 aliphatic carbocycles. The van der Waals surface area contributed by atoms with Crippen molar-refractivity contribution in [2.24, 2.45) is 5.92 Å². The lowest BCUT2D eigenvalue weighted by atomic mass is 10.0. The van der Waals surface area contributed by atoms with E-state index >= 15 is 0 Å². The van der Waals surface area contributed by atoms with Gasteiger partial charge in [-0.2, -0.15) is 0 Å². The van der Waals surface area contributed by atoms with Crippen LogP contribution >= 0.6 is 0 Å². The summed E-state index contributed by atoms with van der Waals surface area (Å²) in [6.07, 6.45) is 0.0838. The predicted molar refractivity (Wildman–Crippen MR) is 56.5 cm³/mol. The van der Waals surface area contributed by atoms with E-state index in [1.807, 2.05) is 0 Å². The lowest BCUT2D eigenvalue weighted by Crippen LogP contribution is -2.28. The second-order valence-corrected chi connectivity index (χ2v) is 4.55. The number of rotatable bonds is 5. The minimum Gasteiger partial charge on any atom is -0.460 e. The van der Waals surface area contributed by atoms with Crippen LogP contribution in [-0.2, 0) is 19.1 Å². The first-order valence-electron chi connectivity index (χ1n) is 4.97. The van der Waals surface area contributed by atoms with Crippen molar-refractivity contribution in [3.63, 3.8) is 0 Å². The molecule has 0 unspecified atom stereocenters. The molecule has 0 saturated carbocycles. The number of Topliss-reactive ketones (excluding diaryl/α,β-unsaturated/α-hetero) is 1. The summed E-state index contributed by atoms with van der Waals surface area (Å²) in [6, 6.07) is 0. The fraction of sp³-hybridized carbons (Fsp3) is 0.818. The Balaban J connectivity index is 4.18. The van der Waals surface area contributed by atoms with Crippen LogP contribution in [0, 0.1) is 5.92 Å². The zero-order valence-corrected chi connectivity index (χ0v) is 10.1. The van der Waals surface area contributed by atoms with E-state index in [0.717, 1.165) is 0 Å². The Hall–Kier alpha value is -0.900. The molecule has 0 fully saturated rings. The fourth-order valence-corrected chi connectivity index (χ4v) is 1.11. The second kappa shape index (κ2) is 5.85. The molecule has 88 valence electrons. The normalized spacial score (nSPS) is 13.4. The van der Waals surface area contributed by atoms with E-state index in [9.17, 15) is 9.59 Å². The summed E-state index contributed by atoms with van der Waals surface area (Å²) in [4.78, 5) is 22.6. The zero-order valence-electron chi connectivity index (χ0n) is 10.1. The van der Waals surface area contributed by atoms with Crippen LogP contribution in [-0.4, -0.2) is 31.1 Å². The van der Waals surface area contributed by atoms with Crippen molar-refractivity contribution in [2.75, 3.05) is 13.7 Å². The third-order valence-electron chi connectivity index (χ3n) is 1.78. The first-order chi connectivity index (χ1) is 6.76. The summed E-state index contributed by atoms with van der Waals surface area (Å²) < 4.78 is 9.99. The van der Waals surface area contributed by atoms with E-state index in [0.29, 0.717) is 0 Å². The Morgan fingerprint density at radius 3 is 2.13 bits per heavy atom. The van der Waals surface area contributed by atoms with Crippen molar-refractivity contribution >= 4 is 11.8 Å². The maximum Gasteiger partial charge on any atom is 0.307 e. The minimum absolute atomic E-state index is 0.0530. The van der Waals surface area contributed by atoms with E-state index in [4.69, 9.17) is 9.47 Å². The quantitative estimate of drug-likeness (QED) is 0.654. The molecule has 0 aliphatic rings. The van der Waals surface area contributed by atoms with Gasteiger partial charge in [0, 0.05) is 7.11 Å². The van der Waals surface area contributed by atoms with Gasteiger partial charge in [0.2, 0.25) is 0 Å². The van der Waals surface area contributed by atoms with Gasteiger partial charge in [-0.3, -0.25) is 9.59 Å². The van der Waals surface area contributed by atoms with Crippen molar-refractivity contribution in [2.45, 2.75) is 39.7 Å². The number of ketones is 1. The third kappa shape index (κ3) is 7.08. The van der Waals surface area contributed by atoms with Gasteiger partial charge in [0.05, 0.1) is 18.9 Å². The Morgan fingerprint density at radius 1 is 1.27 bits per heavy atom. The van der Waals surface area contributed by atoms with Gasteiger partial charge in [-0.05, 0) is 27.7 Å². The molecule has 0 saturated heterocycles. The van der Waals surface area contributed by atoms with Crippen LogP contribution in [0.5, 0.6) is 0 Å².